The number of aromatic nitrogens is 1. The van der Waals surface area contributed by atoms with Gasteiger partial charge in [0.1, 0.15) is 16.2 Å². The summed E-state index contributed by atoms with van der Waals surface area (Å²) in [5.41, 5.74) is 0. The van der Waals surface area contributed by atoms with Crippen molar-refractivity contribution in [1.29, 1.82) is 0 Å². The highest BCUT2D eigenvalue weighted by Crippen LogP contribution is 2.01. The Hall–Kier alpha value is -0.833. The lowest BCUT2D eigenvalue weighted by Crippen LogP contribution is -2.12. The van der Waals surface area contributed by atoms with Gasteiger partial charge in [-0.1, -0.05) is 6.07 Å². The molecule has 1 heterocycles. The van der Waals surface area contributed by atoms with E-state index in [0.29, 0.717) is 0 Å². The molecule has 0 unspecified atom stereocenters. The van der Waals surface area contributed by atoms with Gasteiger partial charge in [0.15, 0.2) is 0 Å². The van der Waals surface area contributed by atoms with Crippen LogP contribution >= 0.6 is 0 Å². The van der Waals surface area contributed by atoms with Gasteiger partial charge in [0.05, 0.1) is 0 Å². The fourth-order valence-corrected chi connectivity index (χ4v) is 0.883. The number of nitrogens with zero attached hydrogens (tertiary/aromatic N) is 2. The van der Waals surface area contributed by atoms with Crippen LogP contribution in [0.25, 0.3) is 0 Å². The molecule has 0 fully saturated rings. The molecule has 0 aliphatic rings. The van der Waals surface area contributed by atoms with Crippen LogP contribution in [0, 0.1) is 0 Å². The molecule has 0 aliphatic carbocycles. The molecule has 9 heavy (non-hydrogen) atoms. The second kappa shape index (κ2) is 2.64. The first-order valence-electron chi connectivity index (χ1n) is 2.89. The normalized spacial score (nSPS) is 9.44. The average Bonchev–Trinajstić information content (AvgIpc) is 1.90. The molecule has 1 aromatic rings. The quantitative estimate of drug-likeness (QED) is 0.500. The molecule has 0 radical (unpaired) electrons. The Morgan fingerprint density at radius 3 is 2.67 bits per heavy atom. The van der Waals surface area contributed by atoms with E-state index in [1.54, 1.807) is 0 Å². The summed E-state index contributed by atoms with van der Waals surface area (Å²) >= 11 is 0. The minimum absolute atomic E-state index is 1.03. The summed E-state index contributed by atoms with van der Waals surface area (Å²) in [6, 6.07) is 5.93. The fourth-order valence-electron chi connectivity index (χ4n) is 0.618. The summed E-state index contributed by atoms with van der Waals surface area (Å²) in [6.07, 6.45) is 1.81. The highest BCUT2D eigenvalue weighted by atomic mass is 28.2. The van der Waals surface area contributed by atoms with Gasteiger partial charge in [-0.3, -0.25) is 0 Å². The van der Waals surface area contributed by atoms with Gasteiger partial charge in [-0.25, -0.2) is 4.98 Å². The third-order valence-corrected chi connectivity index (χ3v) is 1.57. The lowest BCUT2D eigenvalue weighted by atomic mass is 10.5. The molecule has 0 N–H and O–H groups in total. The third kappa shape index (κ3) is 1.53. The van der Waals surface area contributed by atoms with Crippen LogP contribution in [0.4, 0.5) is 5.82 Å². The topological polar surface area (TPSA) is 16.1 Å². The first kappa shape index (κ1) is 6.29. The van der Waals surface area contributed by atoms with Crippen molar-refractivity contribution >= 4 is 16.2 Å². The second-order valence-corrected chi connectivity index (χ2v) is 3.42. The zero-order chi connectivity index (χ0) is 6.69. The van der Waals surface area contributed by atoms with Gasteiger partial charge < -0.3 is 4.57 Å². The molecule has 0 amide bonds. The Labute approximate surface area is 58.0 Å². The van der Waals surface area contributed by atoms with Gasteiger partial charge in [0.25, 0.3) is 0 Å². The molecule has 0 aliphatic heterocycles. The second-order valence-electron chi connectivity index (χ2n) is 2.08. The molecule has 3 heteroatoms. The summed E-state index contributed by atoms with van der Waals surface area (Å²) in [6.45, 7) is 0. The minimum Gasteiger partial charge on any atom is -0.394 e. The van der Waals surface area contributed by atoms with Crippen LogP contribution in [-0.4, -0.2) is 22.4 Å². The Bertz CT molecular complexity index is 174. The van der Waals surface area contributed by atoms with Crippen LogP contribution in [0.1, 0.15) is 0 Å². The first-order valence-corrected chi connectivity index (χ1v) is 3.78. The Kier molecular flexibility index (Phi) is 1.84. The lowest BCUT2D eigenvalue weighted by Gasteiger charge is -2.09. The Morgan fingerprint density at radius 2 is 2.33 bits per heavy atom. The molecule has 0 bridgehead atoms. The SMILES string of the molecule is CN([SiH3])c1ccccn1. The molecule has 0 aromatic carbocycles. The minimum atomic E-state index is 1.03. The van der Waals surface area contributed by atoms with E-state index < -0.39 is 0 Å². The van der Waals surface area contributed by atoms with E-state index in [1.165, 1.54) is 0 Å². The first-order chi connectivity index (χ1) is 4.30. The molecule has 0 atom stereocenters. The molecular formula is C6H10N2Si. The average molecular weight is 138 g/mol. The number of rotatable bonds is 1. The zero-order valence-electron chi connectivity index (χ0n) is 5.70. The van der Waals surface area contributed by atoms with E-state index in [1.807, 2.05) is 31.4 Å². The molecule has 0 saturated heterocycles. The summed E-state index contributed by atoms with van der Waals surface area (Å²) in [5.74, 6) is 1.06. The van der Waals surface area contributed by atoms with Gasteiger partial charge >= 0.3 is 0 Å². The van der Waals surface area contributed by atoms with Gasteiger partial charge in [0, 0.05) is 6.20 Å². The molecule has 1 aromatic heterocycles. The highest BCUT2D eigenvalue weighted by Gasteiger charge is 1.89. The summed E-state index contributed by atoms with van der Waals surface area (Å²) in [4.78, 5) is 4.14. The van der Waals surface area contributed by atoms with E-state index in [9.17, 15) is 0 Å². The molecule has 2 nitrogen and oxygen atoms in total. The number of hydrogen-bond donors (Lipinski definition) is 0. The lowest BCUT2D eigenvalue weighted by molar-refractivity contribution is 1.21. The van der Waals surface area contributed by atoms with Gasteiger partial charge in [-0.15, -0.1) is 0 Å². The summed E-state index contributed by atoms with van der Waals surface area (Å²) in [5, 5.41) is 0. The van der Waals surface area contributed by atoms with Crippen molar-refractivity contribution in [3.63, 3.8) is 0 Å². The van der Waals surface area contributed by atoms with E-state index in [-0.39, 0.29) is 0 Å². The third-order valence-electron chi connectivity index (χ3n) is 1.11. The van der Waals surface area contributed by atoms with Crippen LogP contribution in [0.2, 0.25) is 0 Å². The van der Waals surface area contributed by atoms with Crippen molar-refractivity contribution < 1.29 is 0 Å². The largest absolute Gasteiger partial charge is 0.394 e. The zero-order valence-corrected chi connectivity index (χ0v) is 7.70. The van der Waals surface area contributed by atoms with Gasteiger partial charge in [0.2, 0.25) is 0 Å². The van der Waals surface area contributed by atoms with E-state index in [2.05, 4.69) is 9.55 Å². The van der Waals surface area contributed by atoms with Crippen molar-refractivity contribution in [3.05, 3.63) is 24.4 Å². The van der Waals surface area contributed by atoms with Crippen molar-refractivity contribution in [2.75, 3.05) is 11.6 Å². The monoisotopic (exact) mass is 138 g/mol. The maximum Gasteiger partial charge on any atom is 0.119 e. The van der Waals surface area contributed by atoms with Crippen molar-refractivity contribution in [2.24, 2.45) is 0 Å². The maximum absolute atomic E-state index is 4.14. The molecular weight excluding hydrogens is 128 g/mol. The number of anilines is 1. The predicted molar refractivity (Wildman–Crippen MR) is 42.6 cm³/mol. The van der Waals surface area contributed by atoms with Gasteiger partial charge in [-0.2, -0.15) is 0 Å². The van der Waals surface area contributed by atoms with Crippen LogP contribution in [0.3, 0.4) is 0 Å². The summed E-state index contributed by atoms with van der Waals surface area (Å²) in [7, 11) is 3.06. The van der Waals surface area contributed by atoms with E-state index in [4.69, 9.17) is 0 Å². The Balaban J connectivity index is 2.85. The highest BCUT2D eigenvalue weighted by molar-refractivity contribution is 6.16. The van der Waals surface area contributed by atoms with Crippen LogP contribution in [-0.2, 0) is 0 Å². The molecule has 48 valence electrons. The molecule has 0 spiro atoms. The fraction of sp³-hybridized carbons (Fsp3) is 0.167. The summed E-state index contributed by atoms with van der Waals surface area (Å²) < 4.78 is 2.11. The van der Waals surface area contributed by atoms with Gasteiger partial charge in [-0.05, 0) is 19.2 Å². The number of pyridine rings is 1. The smallest absolute Gasteiger partial charge is 0.119 e. The van der Waals surface area contributed by atoms with E-state index in [0.717, 1.165) is 16.2 Å². The standard InChI is InChI=1S/C6H10N2Si/c1-8(9)6-4-2-3-5-7-6/h2-5H,1,9H3. The van der Waals surface area contributed by atoms with Crippen LogP contribution in [0.5, 0.6) is 0 Å². The molecule has 0 saturated carbocycles. The number of hydrogen-bond acceptors (Lipinski definition) is 2. The van der Waals surface area contributed by atoms with Crippen LogP contribution in [0.15, 0.2) is 24.4 Å². The van der Waals surface area contributed by atoms with Crippen LogP contribution < -0.4 is 4.57 Å². The predicted octanol–water partition coefficient (Wildman–Crippen LogP) is -0.202. The maximum atomic E-state index is 4.14. The molecule has 1 rings (SSSR count). The van der Waals surface area contributed by atoms with Crippen molar-refractivity contribution in [2.45, 2.75) is 0 Å². The van der Waals surface area contributed by atoms with Crippen molar-refractivity contribution in [1.82, 2.24) is 4.98 Å². The van der Waals surface area contributed by atoms with E-state index >= 15 is 0 Å². The van der Waals surface area contributed by atoms with Crippen molar-refractivity contribution in [3.8, 4) is 0 Å². The Morgan fingerprint density at radius 1 is 1.56 bits per heavy atom.